The van der Waals surface area contributed by atoms with Crippen molar-refractivity contribution < 1.29 is 38.1 Å². The van der Waals surface area contributed by atoms with Gasteiger partial charge in [0.1, 0.15) is 16.9 Å². The minimum absolute atomic E-state index is 0. The van der Waals surface area contributed by atoms with Gasteiger partial charge in [-0.1, -0.05) is 0 Å². The molecule has 3 rings (SSSR count). The lowest BCUT2D eigenvalue weighted by atomic mass is 10.3. The van der Waals surface area contributed by atoms with Gasteiger partial charge in [0.25, 0.3) is 5.82 Å². The largest absolute Gasteiger partial charge is 1.00 e. The zero-order chi connectivity index (χ0) is 18.8. The number of benzene rings is 1. The Morgan fingerprint density at radius 1 is 1.44 bits per heavy atom. The molecule has 0 fully saturated rings. The predicted molar refractivity (Wildman–Crippen MR) is 102 cm³/mol. The van der Waals surface area contributed by atoms with Crippen molar-refractivity contribution in [2.75, 3.05) is 17.7 Å². The molecule has 0 atom stereocenters. The molecule has 1 amide bonds. The Labute approximate surface area is 182 Å². The first-order chi connectivity index (χ1) is 12.5. The molecule has 8 nitrogen and oxygen atoms in total. The van der Waals surface area contributed by atoms with Gasteiger partial charge in [-0.15, -0.1) is 0 Å². The molecule has 0 unspecified atom stereocenters. The van der Waals surface area contributed by atoms with Crippen LogP contribution in [0.3, 0.4) is 0 Å². The molecular weight excluding hydrogens is 527 g/mol. The molecule has 0 spiro atoms. The molecule has 0 radical (unpaired) electrons. The van der Waals surface area contributed by atoms with Gasteiger partial charge in [-0.2, -0.15) is 0 Å². The highest BCUT2D eigenvalue weighted by atomic mass is 127. The Kier molecular flexibility index (Phi) is 6.98. The monoisotopic (exact) mass is 546 g/mol. The number of anilines is 2. The van der Waals surface area contributed by atoms with Crippen molar-refractivity contribution in [3.63, 3.8) is 0 Å². The Balaban J connectivity index is 0.00000261. The second kappa shape index (κ2) is 8.83. The summed E-state index contributed by atoms with van der Waals surface area (Å²) in [6.07, 6.45) is 2.21. The van der Waals surface area contributed by atoms with Crippen LogP contribution in [0.15, 0.2) is 29.0 Å². The molecule has 0 aliphatic carbocycles. The molecule has 2 heterocycles. The second-order valence-electron chi connectivity index (χ2n) is 5.71. The number of halogens is 2. The number of aromatic nitrogens is 4. The van der Waals surface area contributed by atoms with Crippen LogP contribution in [-0.4, -0.2) is 28.1 Å². The molecule has 2 aromatic heterocycles. The third-order valence-corrected chi connectivity index (χ3v) is 4.69. The lowest BCUT2D eigenvalue weighted by Gasteiger charge is -2.16. The zero-order valence-corrected chi connectivity index (χ0v) is 18.9. The van der Waals surface area contributed by atoms with Gasteiger partial charge in [-0.25, -0.2) is 19.1 Å². The quantitative estimate of drug-likeness (QED) is 0.238. The molecule has 3 aromatic rings. The molecule has 10 heteroatoms. The molecule has 144 valence electrons. The average molecular weight is 547 g/mol. The van der Waals surface area contributed by atoms with Crippen LogP contribution in [0.4, 0.5) is 11.6 Å². The van der Waals surface area contributed by atoms with E-state index in [0.717, 1.165) is 29.2 Å². The summed E-state index contributed by atoms with van der Waals surface area (Å²) in [5, 5.41) is 0. The van der Waals surface area contributed by atoms with E-state index in [2.05, 4.69) is 42.0 Å². The van der Waals surface area contributed by atoms with E-state index >= 15 is 0 Å². The van der Waals surface area contributed by atoms with Crippen LogP contribution in [0.2, 0.25) is 0 Å². The molecule has 0 aliphatic heterocycles. The van der Waals surface area contributed by atoms with Crippen molar-refractivity contribution in [3.8, 4) is 5.75 Å². The van der Waals surface area contributed by atoms with Gasteiger partial charge in [-0.3, -0.25) is 9.69 Å². The number of hydrogen-bond donors (Lipinski definition) is 1. The zero-order valence-electron chi connectivity index (χ0n) is 15.2. The fourth-order valence-corrected chi connectivity index (χ4v) is 3.30. The van der Waals surface area contributed by atoms with Crippen LogP contribution < -0.4 is 43.9 Å². The van der Waals surface area contributed by atoms with Gasteiger partial charge in [-0.05, 0) is 35.0 Å². The summed E-state index contributed by atoms with van der Waals surface area (Å²) in [4.78, 5) is 21.5. The van der Waals surface area contributed by atoms with Crippen molar-refractivity contribution in [1.82, 2.24) is 14.5 Å². The Hall–Kier alpha value is -1.95. The molecular formula is C17H20BrIN6O2. The third kappa shape index (κ3) is 4.00. The number of rotatable bonds is 6. The maximum atomic E-state index is 11.7. The smallest absolute Gasteiger partial charge is 0.277 e. The summed E-state index contributed by atoms with van der Waals surface area (Å²) >= 11 is 3.27. The first-order valence-corrected chi connectivity index (χ1v) is 8.84. The fraction of sp³-hybridized carbons (Fsp3) is 0.294. The van der Waals surface area contributed by atoms with Crippen molar-refractivity contribution >= 4 is 45.0 Å². The molecule has 0 saturated carbocycles. The van der Waals surface area contributed by atoms with E-state index in [1.54, 1.807) is 7.11 Å². The van der Waals surface area contributed by atoms with Crippen molar-refractivity contribution in [1.29, 1.82) is 0 Å². The van der Waals surface area contributed by atoms with Crippen molar-refractivity contribution in [2.24, 2.45) is 7.05 Å². The lowest BCUT2D eigenvalue weighted by molar-refractivity contribution is -0.653. The highest BCUT2D eigenvalue weighted by Gasteiger charge is 2.26. The SMILES string of the molecule is CCn1c(CN(C=O)c2nc(Br)cnc2N)[n+](C)c2ccc(OC)cc21.[I-]. The minimum Gasteiger partial charge on any atom is -1.00 e. The van der Waals surface area contributed by atoms with E-state index < -0.39 is 0 Å². The average Bonchev–Trinajstić information content (AvgIpc) is 2.92. The van der Waals surface area contributed by atoms with E-state index in [9.17, 15) is 4.79 Å². The molecule has 2 N–H and O–H groups in total. The van der Waals surface area contributed by atoms with Crippen LogP contribution in [0, 0.1) is 0 Å². The number of amides is 1. The lowest BCUT2D eigenvalue weighted by Crippen LogP contribution is -3.00. The second-order valence-corrected chi connectivity index (χ2v) is 6.52. The molecule has 27 heavy (non-hydrogen) atoms. The van der Waals surface area contributed by atoms with Crippen molar-refractivity contribution in [2.45, 2.75) is 20.0 Å². The highest BCUT2D eigenvalue weighted by molar-refractivity contribution is 9.10. The number of nitrogen functional groups attached to an aromatic ring is 1. The maximum absolute atomic E-state index is 11.7. The molecule has 0 saturated heterocycles. The number of methoxy groups -OCH3 is 1. The summed E-state index contributed by atoms with van der Waals surface area (Å²) in [7, 11) is 3.61. The number of nitrogens with zero attached hydrogens (tertiary/aromatic N) is 5. The third-order valence-electron chi connectivity index (χ3n) is 4.31. The van der Waals surface area contributed by atoms with Gasteiger partial charge < -0.3 is 34.4 Å². The number of imidazole rings is 1. The molecule has 0 aliphatic rings. The van der Waals surface area contributed by atoms with Gasteiger partial charge in [0.05, 0.1) is 26.9 Å². The van der Waals surface area contributed by atoms with Gasteiger partial charge in [0.2, 0.25) is 6.41 Å². The van der Waals surface area contributed by atoms with E-state index in [4.69, 9.17) is 10.5 Å². The first kappa shape index (κ1) is 21.4. The first-order valence-electron chi connectivity index (χ1n) is 8.05. The topological polar surface area (TPSA) is 90.2 Å². The maximum Gasteiger partial charge on any atom is 0.277 e. The minimum atomic E-state index is 0. The van der Waals surface area contributed by atoms with Gasteiger partial charge >= 0.3 is 0 Å². The van der Waals surface area contributed by atoms with Gasteiger partial charge in [0, 0.05) is 6.07 Å². The Bertz CT molecular complexity index is 978. The normalized spacial score (nSPS) is 10.5. The molecule has 1 aromatic carbocycles. The van der Waals surface area contributed by atoms with Crippen LogP contribution >= 0.6 is 15.9 Å². The Morgan fingerprint density at radius 3 is 2.81 bits per heavy atom. The summed E-state index contributed by atoms with van der Waals surface area (Å²) in [5.41, 5.74) is 7.99. The van der Waals surface area contributed by atoms with Crippen molar-refractivity contribution in [3.05, 3.63) is 34.8 Å². The highest BCUT2D eigenvalue weighted by Crippen LogP contribution is 2.24. The summed E-state index contributed by atoms with van der Waals surface area (Å²) in [5.74, 6) is 2.24. The number of ether oxygens (including phenoxy) is 1. The molecule has 0 bridgehead atoms. The summed E-state index contributed by atoms with van der Waals surface area (Å²) < 4.78 is 10.0. The standard InChI is InChI=1S/C17H20BrN6O2.HI/c1-4-24-13-7-11(26-3)5-6-12(13)22(2)15(24)9-23(10-25)17-16(19)20-8-14(18)21-17;/h5-8,10H,4,9H2,1-3H3,(H2,19,20);1H/q+1;/p-1. The summed E-state index contributed by atoms with van der Waals surface area (Å²) in [6.45, 7) is 3.10. The number of fused-ring (bicyclic) bond motifs is 1. The predicted octanol–water partition coefficient (Wildman–Crippen LogP) is -1.20. The number of aryl methyl sites for hydroxylation is 2. The van der Waals surface area contributed by atoms with Crippen LogP contribution in [0.25, 0.3) is 11.0 Å². The van der Waals surface area contributed by atoms with E-state index in [-0.39, 0.29) is 29.8 Å². The van der Waals surface area contributed by atoms with Crippen LogP contribution in [0.5, 0.6) is 5.75 Å². The number of nitrogens with two attached hydrogens (primary N) is 1. The fourth-order valence-electron chi connectivity index (χ4n) is 3.03. The van der Waals surface area contributed by atoms with Crippen LogP contribution in [0.1, 0.15) is 12.7 Å². The number of hydrogen-bond acceptors (Lipinski definition) is 5. The Morgan fingerprint density at radius 2 is 2.19 bits per heavy atom. The number of carbonyl (C=O) groups excluding carboxylic acids is 1. The summed E-state index contributed by atoms with van der Waals surface area (Å²) in [6, 6.07) is 5.91. The number of carbonyl (C=O) groups is 1. The van der Waals surface area contributed by atoms with Gasteiger partial charge in [0.15, 0.2) is 22.7 Å². The van der Waals surface area contributed by atoms with E-state index in [0.29, 0.717) is 23.4 Å². The van der Waals surface area contributed by atoms with E-state index in [1.807, 2.05) is 25.2 Å². The van der Waals surface area contributed by atoms with E-state index in [1.165, 1.54) is 11.1 Å². The van der Waals surface area contributed by atoms with Crippen LogP contribution in [-0.2, 0) is 24.9 Å².